The van der Waals surface area contributed by atoms with Gasteiger partial charge in [-0.3, -0.25) is 14.3 Å². The number of rotatable bonds is 9. The van der Waals surface area contributed by atoms with Crippen molar-refractivity contribution in [2.24, 2.45) is 0 Å². The fourth-order valence-electron chi connectivity index (χ4n) is 4.72. The topological polar surface area (TPSA) is 89.4 Å². The van der Waals surface area contributed by atoms with Gasteiger partial charge in [0.15, 0.2) is 17.4 Å². The number of nitrogens with zero attached hydrogens (tertiary/aromatic N) is 4. The highest BCUT2D eigenvalue weighted by Gasteiger charge is 2.23. The predicted molar refractivity (Wildman–Crippen MR) is 149 cm³/mol. The normalized spacial score (nSPS) is 13.7. The SMILES string of the molecule is O=C(NCc1nnc(CN2CCCCC2)n1-c1ccc(Cl)cc1C(=O)c1ccccc1)OCc1ccccc1. The monoisotopic (exact) mass is 543 g/mol. The molecule has 1 saturated heterocycles. The number of hydrogen-bond donors (Lipinski definition) is 1. The van der Waals surface area contributed by atoms with Crippen molar-refractivity contribution >= 4 is 23.5 Å². The largest absolute Gasteiger partial charge is 0.445 e. The number of carbonyl (C=O) groups excluding carboxylic acids is 2. The van der Waals surface area contributed by atoms with Crippen LogP contribution in [0.15, 0.2) is 78.9 Å². The van der Waals surface area contributed by atoms with Gasteiger partial charge >= 0.3 is 6.09 Å². The zero-order valence-corrected chi connectivity index (χ0v) is 22.3. The number of carbonyl (C=O) groups is 2. The van der Waals surface area contributed by atoms with Gasteiger partial charge in [-0.15, -0.1) is 10.2 Å². The van der Waals surface area contributed by atoms with Crippen molar-refractivity contribution < 1.29 is 14.3 Å². The van der Waals surface area contributed by atoms with Gasteiger partial charge in [-0.05, 0) is 49.7 Å². The molecule has 0 saturated carbocycles. The molecule has 0 aliphatic carbocycles. The zero-order chi connectivity index (χ0) is 27.0. The van der Waals surface area contributed by atoms with Gasteiger partial charge in [0.05, 0.1) is 18.8 Å². The van der Waals surface area contributed by atoms with Crippen LogP contribution in [-0.2, 0) is 24.4 Å². The van der Waals surface area contributed by atoms with E-state index in [4.69, 9.17) is 16.3 Å². The average Bonchev–Trinajstić information content (AvgIpc) is 3.38. The van der Waals surface area contributed by atoms with Gasteiger partial charge in [0.1, 0.15) is 6.61 Å². The van der Waals surface area contributed by atoms with Gasteiger partial charge < -0.3 is 10.1 Å². The summed E-state index contributed by atoms with van der Waals surface area (Å²) in [5.41, 5.74) is 2.49. The van der Waals surface area contributed by atoms with Crippen LogP contribution in [0.4, 0.5) is 4.79 Å². The van der Waals surface area contributed by atoms with Crippen LogP contribution in [0.2, 0.25) is 5.02 Å². The summed E-state index contributed by atoms with van der Waals surface area (Å²) in [6.45, 7) is 2.76. The van der Waals surface area contributed by atoms with Crippen LogP contribution >= 0.6 is 11.6 Å². The number of hydrogen-bond acceptors (Lipinski definition) is 6. The Bertz CT molecular complexity index is 1420. The summed E-state index contributed by atoms with van der Waals surface area (Å²) in [4.78, 5) is 28.4. The van der Waals surface area contributed by atoms with Gasteiger partial charge in [-0.1, -0.05) is 78.7 Å². The Morgan fingerprint density at radius 2 is 1.56 bits per heavy atom. The number of halogens is 1. The third-order valence-corrected chi connectivity index (χ3v) is 6.93. The minimum Gasteiger partial charge on any atom is -0.445 e. The maximum absolute atomic E-state index is 13.6. The van der Waals surface area contributed by atoms with Crippen molar-refractivity contribution in [3.05, 3.63) is 112 Å². The van der Waals surface area contributed by atoms with Crippen LogP contribution in [0.3, 0.4) is 0 Å². The number of ether oxygens (including phenoxy) is 1. The van der Waals surface area contributed by atoms with E-state index in [1.165, 1.54) is 6.42 Å². The van der Waals surface area contributed by atoms with Crippen LogP contribution in [0.5, 0.6) is 0 Å². The number of amides is 1. The first-order valence-corrected chi connectivity index (χ1v) is 13.5. The highest BCUT2D eigenvalue weighted by molar-refractivity contribution is 6.31. The fraction of sp³-hybridized carbons (Fsp3) is 0.267. The molecule has 0 unspecified atom stereocenters. The summed E-state index contributed by atoms with van der Waals surface area (Å²) < 4.78 is 7.23. The summed E-state index contributed by atoms with van der Waals surface area (Å²) in [6.07, 6.45) is 2.92. The summed E-state index contributed by atoms with van der Waals surface area (Å²) in [5.74, 6) is 1.02. The molecule has 1 N–H and O–H groups in total. The molecule has 4 aromatic rings. The second-order valence-corrected chi connectivity index (χ2v) is 9.91. The van der Waals surface area contributed by atoms with Crippen LogP contribution in [-0.4, -0.2) is 44.6 Å². The van der Waals surface area contributed by atoms with Gasteiger partial charge in [0.2, 0.25) is 0 Å². The second-order valence-electron chi connectivity index (χ2n) is 9.48. The van der Waals surface area contributed by atoms with E-state index in [0.717, 1.165) is 31.5 Å². The molecule has 1 aliphatic rings. The highest BCUT2D eigenvalue weighted by Crippen LogP contribution is 2.26. The van der Waals surface area contributed by atoms with E-state index < -0.39 is 6.09 Å². The molecule has 3 aromatic carbocycles. The molecule has 2 heterocycles. The molecule has 0 bridgehead atoms. The van der Waals surface area contributed by atoms with Gasteiger partial charge in [-0.25, -0.2) is 4.79 Å². The van der Waals surface area contributed by atoms with E-state index in [1.807, 2.05) is 53.1 Å². The van der Waals surface area contributed by atoms with Crippen molar-refractivity contribution in [3.8, 4) is 5.69 Å². The molecule has 0 radical (unpaired) electrons. The lowest BCUT2D eigenvalue weighted by Crippen LogP contribution is -2.31. The quantitative estimate of drug-likeness (QED) is 0.278. The van der Waals surface area contributed by atoms with Gasteiger partial charge in [0, 0.05) is 16.1 Å². The van der Waals surface area contributed by atoms with E-state index in [1.54, 1.807) is 30.3 Å². The number of likely N-dealkylation sites (tertiary alicyclic amines) is 1. The molecule has 0 spiro atoms. The van der Waals surface area contributed by atoms with Crippen molar-refractivity contribution in [2.45, 2.75) is 39.0 Å². The average molecular weight is 544 g/mol. The Morgan fingerprint density at radius 1 is 0.872 bits per heavy atom. The highest BCUT2D eigenvalue weighted by atomic mass is 35.5. The van der Waals surface area contributed by atoms with E-state index in [0.29, 0.717) is 40.0 Å². The molecule has 0 atom stereocenters. The third-order valence-electron chi connectivity index (χ3n) is 6.69. The van der Waals surface area contributed by atoms with Crippen molar-refractivity contribution in [1.82, 2.24) is 25.0 Å². The van der Waals surface area contributed by atoms with Gasteiger partial charge in [-0.2, -0.15) is 0 Å². The van der Waals surface area contributed by atoms with E-state index >= 15 is 0 Å². The summed E-state index contributed by atoms with van der Waals surface area (Å²) >= 11 is 6.36. The van der Waals surface area contributed by atoms with E-state index in [9.17, 15) is 9.59 Å². The number of aromatic nitrogens is 3. The molecule has 39 heavy (non-hydrogen) atoms. The Morgan fingerprint density at radius 3 is 2.31 bits per heavy atom. The first-order chi connectivity index (χ1) is 19.1. The lowest BCUT2D eigenvalue weighted by molar-refractivity contribution is 0.103. The zero-order valence-electron chi connectivity index (χ0n) is 21.6. The molecular weight excluding hydrogens is 514 g/mol. The Balaban J connectivity index is 1.44. The van der Waals surface area contributed by atoms with E-state index in [2.05, 4.69) is 20.4 Å². The first kappa shape index (κ1) is 26.6. The molecule has 1 fully saturated rings. The number of nitrogens with one attached hydrogen (secondary N) is 1. The number of alkyl carbamates (subject to hydrolysis) is 1. The van der Waals surface area contributed by atoms with Crippen LogP contribution in [0.1, 0.15) is 52.4 Å². The lowest BCUT2D eigenvalue weighted by Gasteiger charge is -2.26. The Hall–Kier alpha value is -4.01. The number of piperidine rings is 1. The first-order valence-electron chi connectivity index (χ1n) is 13.1. The lowest BCUT2D eigenvalue weighted by atomic mass is 10.0. The van der Waals surface area contributed by atoms with Crippen molar-refractivity contribution in [1.29, 1.82) is 0 Å². The molecule has 200 valence electrons. The predicted octanol–water partition coefficient (Wildman–Crippen LogP) is 5.56. The Labute approximate surface area is 232 Å². The number of ketones is 1. The van der Waals surface area contributed by atoms with Gasteiger partial charge in [0.25, 0.3) is 0 Å². The standard InChI is InChI=1S/C30H30ClN5O3/c31-24-14-15-26(25(18-24)29(37)23-12-6-2-7-13-23)36-27(33-34-28(36)20-35-16-8-3-9-17-35)19-32-30(38)39-21-22-10-4-1-5-11-22/h1-2,4-7,10-15,18H,3,8-9,16-17,19-21H2,(H,32,38). The molecular formula is C30H30ClN5O3. The minimum atomic E-state index is -0.567. The smallest absolute Gasteiger partial charge is 0.407 e. The maximum Gasteiger partial charge on any atom is 0.407 e. The molecule has 9 heteroatoms. The molecule has 1 aliphatic heterocycles. The van der Waals surface area contributed by atoms with Crippen LogP contribution < -0.4 is 5.32 Å². The second kappa shape index (κ2) is 12.7. The summed E-state index contributed by atoms with van der Waals surface area (Å²) in [6, 6.07) is 23.8. The van der Waals surface area contributed by atoms with Crippen molar-refractivity contribution in [3.63, 3.8) is 0 Å². The minimum absolute atomic E-state index is 0.0716. The molecule has 1 amide bonds. The van der Waals surface area contributed by atoms with Crippen LogP contribution in [0, 0.1) is 0 Å². The van der Waals surface area contributed by atoms with Crippen LogP contribution in [0.25, 0.3) is 5.69 Å². The fourth-order valence-corrected chi connectivity index (χ4v) is 4.89. The molecule has 8 nitrogen and oxygen atoms in total. The molecule has 5 rings (SSSR count). The van der Waals surface area contributed by atoms with E-state index in [-0.39, 0.29) is 18.9 Å². The summed E-state index contributed by atoms with van der Waals surface area (Å²) in [5, 5.41) is 12.1. The van der Waals surface area contributed by atoms with Crippen molar-refractivity contribution in [2.75, 3.05) is 13.1 Å². The maximum atomic E-state index is 13.6. The molecule has 1 aromatic heterocycles. The Kier molecular flexibility index (Phi) is 8.65. The third kappa shape index (κ3) is 6.71. The summed E-state index contributed by atoms with van der Waals surface area (Å²) in [7, 11) is 0. The number of benzene rings is 3.